The van der Waals surface area contributed by atoms with Crippen LogP contribution in [0.25, 0.3) is 0 Å². The van der Waals surface area contributed by atoms with Gasteiger partial charge in [-0.05, 0) is 78.4 Å². The quantitative estimate of drug-likeness (QED) is 0.499. The molecule has 2 aliphatic rings. The lowest BCUT2D eigenvalue weighted by Gasteiger charge is -2.38. The van der Waals surface area contributed by atoms with E-state index < -0.39 is 19.5 Å². The average molecular weight is 471 g/mol. The van der Waals surface area contributed by atoms with Crippen LogP contribution in [0.3, 0.4) is 0 Å². The van der Waals surface area contributed by atoms with Crippen LogP contribution in [0, 0.1) is 5.92 Å². The third-order valence-electron chi connectivity index (χ3n) is 6.62. The van der Waals surface area contributed by atoms with E-state index in [-0.39, 0.29) is 35.3 Å². The predicted octanol–water partition coefficient (Wildman–Crippen LogP) is 5.64. The zero-order valence-corrected chi connectivity index (χ0v) is 23.2. The smallest absolute Gasteiger partial charge is 0.410 e. The van der Waals surface area contributed by atoms with Crippen molar-refractivity contribution < 1.29 is 23.5 Å². The Bertz CT molecular complexity index is 690. The van der Waals surface area contributed by atoms with Crippen LogP contribution in [-0.2, 0) is 13.9 Å². The molecule has 0 aliphatic carbocycles. The normalized spacial score (nSPS) is 25.3. The van der Waals surface area contributed by atoms with E-state index in [0.29, 0.717) is 19.6 Å². The van der Waals surface area contributed by atoms with Crippen molar-refractivity contribution in [1.82, 2.24) is 9.80 Å². The Hall–Kier alpha value is -1.28. The molecular weight excluding hydrogens is 424 g/mol. The third-order valence-corrected chi connectivity index (χ3v) is 11.2. The molecule has 0 bridgehead atoms. The van der Waals surface area contributed by atoms with E-state index in [2.05, 4.69) is 33.9 Å². The Labute approximate surface area is 196 Å². The summed E-state index contributed by atoms with van der Waals surface area (Å²) in [4.78, 5) is 29.3. The highest BCUT2D eigenvalue weighted by atomic mass is 28.4. The molecule has 2 aliphatic heterocycles. The molecule has 8 heteroatoms. The molecule has 3 atom stereocenters. The monoisotopic (exact) mass is 470 g/mol. The Morgan fingerprint density at radius 1 is 0.844 bits per heavy atom. The second kappa shape index (κ2) is 9.16. The topological polar surface area (TPSA) is 68.3 Å². The molecule has 0 N–H and O–H groups in total. The molecule has 32 heavy (non-hydrogen) atoms. The first-order valence-corrected chi connectivity index (χ1v) is 14.9. The van der Waals surface area contributed by atoms with Gasteiger partial charge in [0.1, 0.15) is 11.2 Å². The van der Waals surface area contributed by atoms with Crippen molar-refractivity contribution in [2.24, 2.45) is 5.92 Å². The molecular formula is C24H46N2O5Si. The van der Waals surface area contributed by atoms with E-state index >= 15 is 0 Å². The van der Waals surface area contributed by atoms with Gasteiger partial charge in [-0.25, -0.2) is 9.59 Å². The second-order valence-electron chi connectivity index (χ2n) is 12.9. The number of ether oxygens (including phenoxy) is 2. The summed E-state index contributed by atoms with van der Waals surface area (Å²) in [5, 5.41) is 0.0999. The van der Waals surface area contributed by atoms with Crippen molar-refractivity contribution in [2.75, 3.05) is 19.6 Å². The van der Waals surface area contributed by atoms with Gasteiger partial charge in [0.25, 0.3) is 0 Å². The number of amides is 2. The molecule has 2 heterocycles. The van der Waals surface area contributed by atoms with Crippen LogP contribution in [0.15, 0.2) is 0 Å². The van der Waals surface area contributed by atoms with E-state index in [1.807, 2.05) is 46.4 Å². The molecule has 2 saturated heterocycles. The first kappa shape index (κ1) is 27.0. The zero-order valence-electron chi connectivity index (χ0n) is 22.2. The molecule has 2 amide bonds. The van der Waals surface area contributed by atoms with Gasteiger partial charge in [-0.2, -0.15) is 0 Å². The van der Waals surface area contributed by atoms with Gasteiger partial charge in [-0.15, -0.1) is 0 Å². The second-order valence-corrected chi connectivity index (χ2v) is 17.7. The Kier molecular flexibility index (Phi) is 7.72. The minimum absolute atomic E-state index is 0.00736. The number of carbonyl (C=O) groups is 2. The summed E-state index contributed by atoms with van der Waals surface area (Å²) in [5.41, 5.74) is -1.08. The van der Waals surface area contributed by atoms with Crippen molar-refractivity contribution in [2.45, 2.75) is 117 Å². The van der Waals surface area contributed by atoms with Gasteiger partial charge < -0.3 is 23.7 Å². The van der Waals surface area contributed by atoms with E-state index in [0.717, 1.165) is 12.8 Å². The van der Waals surface area contributed by atoms with Gasteiger partial charge >= 0.3 is 12.2 Å². The third kappa shape index (κ3) is 7.11. The van der Waals surface area contributed by atoms with E-state index in [4.69, 9.17) is 13.9 Å². The highest BCUT2D eigenvalue weighted by molar-refractivity contribution is 6.74. The summed E-state index contributed by atoms with van der Waals surface area (Å²) in [5.74, 6) is 0.183. The van der Waals surface area contributed by atoms with E-state index in [1.54, 1.807) is 4.90 Å². The lowest BCUT2D eigenvalue weighted by Crippen LogP contribution is -2.45. The summed E-state index contributed by atoms with van der Waals surface area (Å²) in [6, 6.07) is -0.00736. The Balaban J connectivity index is 2.16. The largest absolute Gasteiger partial charge is 0.444 e. The van der Waals surface area contributed by atoms with E-state index in [1.165, 1.54) is 0 Å². The van der Waals surface area contributed by atoms with Crippen molar-refractivity contribution in [3.8, 4) is 0 Å². The highest BCUT2D eigenvalue weighted by Crippen LogP contribution is 2.40. The Morgan fingerprint density at radius 2 is 1.38 bits per heavy atom. The molecule has 7 nitrogen and oxygen atoms in total. The molecule has 0 unspecified atom stereocenters. The minimum atomic E-state index is -1.97. The number of hydrogen-bond acceptors (Lipinski definition) is 5. The molecule has 2 rings (SSSR count). The molecule has 186 valence electrons. The maximum Gasteiger partial charge on any atom is 0.410 e. The van der Waals surface area contributed by atoms with Crippen LogP contribution in [0.4, 0.5) is 9.59 Å². The number of carbonyl (C=O) groups excluding carboxylic acids is 2. The number of nitrogens with zero attached hydrogens (tertiary/aromatic N) is 2. The summed E-state index contributed by atoms with van der Waals surface area (Å²) in [6.07, 6.45) is 1.04. The molecule has 0 saturated carbocycles. The average Bonchev–Trinajstić information content (AvgIpc) is 3.16. The van der Waals surface area contributed by atoms with Crippen molar-refractivity contribution in [3.05, 3.63) is 0 Å². The van der Waals surface area contributed by atoms with Crippen LogP contribution < -0.4 is 0 Å². The minimum Gasteiger partial charge on any atom is -0.444 e. The highest BCUT2D eigenvalue weighted by Gasteiger charge is 2.48. The predicted molar refractivity (Wildman–Crippen MR) is 129 cm³/mol. The van der Waals surface area contributed by atoms with Crippen LogP contribution >= 0.6 is 0 Å². The van der Waals surface area contributed by atoms with Crippen LogP contribution in [0.5, 0.6) is 0 Å². The van der Waals surface area contributed by atoms with Gasteiger partial charge in [-0.3, -0.25) is 0 Å². The van der Waals surface area contributed by atoms with Gasteiger partial charge in [0.05, 0.1) is 6.10 Å². The summed E-state index contributed by atoms with van der Waals surface area (Å²) in [6.45, 7) is 24.3. The van der Waals surface area contributed by atoms with Crippen LogP contribution in [0.2, 0.25) is 18.1 Å². The number of rotatable bonds is 3. The fraction of sp³-hybridized carbons (Fsp3) is 0.917. The number of hydrogen-bond donors (Lipinski definition) is 0. The zero-order chi connectivity index (χ0) is 24.7. The van der Waals surface area contributed by atoms with Gasteiger partial charge in [0, 0.05) is 25.7 Å². The SMILES string of the molecule is CC(C)(C)OC(=O)N1CC[C@@H]([C@@H]2C[C@@H](O[Si](C)(C)C(C)(C)C)CN2C(=O)OC(C)(C)C)C1. The van der Waals surface area contributed by atoms with Gasteiger partial charge in [0.15, 0.2) is 8.32 Å². The summed E-state index contributed by atoms with van der Waals surface area (Å²) < 4.78 is 18.0. The standard InChI is InChI=1S/C24H46N2O5Si/c1-22(2,3)29-20(27)25-13-12-17(15-25)19-14-18(31-32(10,11)24(7,8)9)16-26(19)21(28)30-23(4,5)6/h17-19H,12-16H2,1-11H3/t17-,18-,19+/m1/s1. The lowest BCUT2D eigenvalue weighted by atomic mass is 9.96. The first-order valence-electron chi connectivity index (χ1n) is 11.9. The lowest BCUT2D eigenvalue weighted by molar-refractivity contribution is 0.0159. The van der Waals surface area contributed by atoms with Crippen molar-refractivity contribution in [3.63, 3.8) is 0 Å². The van der Waals surface area contributed by atoms with E-state index in [9.17, 15) is 9.59 Å². The molecule has 0 aromatic rings. The molecule has 0 aromatic heterocycles. The molecule has 2 fully saturated rings. The maximum atomic E-state index is 13.1. The van der Waals surface area contributed by atoms with Crippen molar-refractivity contribution >= 4 is 20.5 Å². The fourth-order valence-electron chi connectivity index (χ4n) is 4.08. The molecule has 0 aromatic carbocycles. The van der Waals surface area contributed by atoms with Crippen LogP contribution in [-0.4, -0.2) is 73.3 Å². The van der Waals surface area contributed by atoms with Crippen LogP contribution in [0.1, 0.15) is 75.2 Å². The Morgan fingerprint density at radius 3 is 1.88 bits per heavy atom. The summed E-state index contributed by atoms with van der Waals surface area (Å²) in [7, 11) is -1.97. The van der Waals surface area contributed by atoms with Crippen molar-refractivity contribution in [1.29, 1.82) is 0 Å². The number of likely N-dealkylation sites (tertiary alicyclic amines) is 2. The fourth-order valence-corrected chi connectivity index (χ4v) is 5.43. The molecule has 0 radical (unpaired) electrons. The summed E-state index contributed by atoms with van der Waals surface area (Å²) >= 11 is 0. The maximum absolute atomic E-state index is 13.1. The van der Waals surface area contributed by atoms with Gasteiger partial charge in [0.2, 0.25) is 0 Å². The van der Waals surface area contributed by atoms with Gasteiger partial charge in [-0.1, -0.05) is 20.8 Å². The first-order chi connectivity index (χ1) is 14.3. The molecule has 0 spiro atoms.